The molecular weight excluding hydrogens is 180 g/mol. The van der Waals surface area contributed by atoms with Crippen LogP contribution in [0.15, 0.2) is 22.8 Å². The maximum absolute atomic E-state index is 11.8. The number of furan rings is 1. The average Bonchev–Trinajstić information content (AvgIpc) is 2.75. The Bertz CT molecular complexity index is 347. The lowest BCUT2D eigenvalue weighted by Crippen LogP contribution is -2.57. The van der Waals surface area contributed by atoms with E-state index in [2.05, 4.69) is 5.32 Å². The highest BCUT2D eigenvalue weighted by atomic mass is 16.3. The van der Waals surface area contributed by atoms with Gasteiger partial charge in [-0.15, -0.1) is 0 Å². The first-order valence-corrected chi connectivity index (χ1v) is 4.91. The van der Waals surface area contributed by atoms with Crippen molar-refractivity contribution in [3.63, 3.8) is 0 Å². The third-order valence-corrected chi connectivity index (χ3v) is 3.13. The molecular formula is C10H12N2O2. The van der Waals surface area contributed by atoms with E-state index in [1.54, 1.807) is 12.1 Å². The number of likely N-dealkylation sites (tertiary alicyclic amines) is 1. The van der Waals surface area contributed by atoms with Gasteiger partial charge in [0.2, 0.25) is 0 Å². The van der Waals surface area contributed by atoms with Crippen LogP contribution in [0.1, 0.15) is 10.6 Å². The van der Waals surface area contributed by atoms with Gasteiger partial charge in [-0.3, -0.25) is 4.79 Å². The highest BCUT2D eigenvalue weighted by Crippen LogP contribution is 2.29. The fourth-order valence-electron chi connectivity index (χ4n) is 2.30. The molecule has 3 rings (SSSR count). The maximum Gasteiger partial charge on any atom is 0.289 e. The van der Waals surface area contributed by atoms with Gasteiger partial charge in [0.1, 0.15) is 0 Å². The number of fused-ring (bicyclic) bond motifs is 1. The molecule has 2 aliphatic rings. The molecule has 4 heteroatoms. The molecule has 2 fully saturated rings. The summed E-state index contributed by atoms with van der Waals surface area (Å²) in [7, 11) is 0. The monoisotopic (exact) mass is 192 g/mol. The number of carbonyl (C=O) groups is 1. The summed E-state index contributed by atoms with van der Waals surface area (Å²) in [6.45, 7) is 2.85. The van der Waals surface area contributed by atoms with Gasteiger partial charge in [-0.05, 0) is 12.1 Å². The Labute approximate surface area is 81.9 Å². The summed E-state index contributed by atoms with van der Waals surface area (Å²) >= 11 is 0. The van der Waals surface area contributed by atoms with Gasteiger partial charge in [-0.1, -0.05) is 0 Å². The van der Waals surface area contributed by atoms with Crippen LogP contribution in [0.5, 0.6) is 0 Å². The first-order valence-electron chi connectivity index (χ1n) is 4.91. The topological polar surface area (TPSA) is 45.5 Å². The van der Waals surface area contributed by atoms with E-state index < -0.39 is 0 Å². The SMILES string of the molecule is O=C(c1ccco1)N1CC2CNCC21. The van der Waals surface area contributed by atoms with Crippen LogP contribution in [0.4, 0.5) is 0 Å². The fourth-order valence-corrected chi connectivity index (χ4v) is 2.30. The number of hydrogen-bond donors (Lipinski definition) is 1. The molecule has 2 atom stereocenters. The van der Waals surface area contributed by atoms with Crippen molar-refractivity contribution in [3.05, 3.63) is 24.2 Å². The minimum absolute atomic E-state index is 0.0277. The third kappa shape index (κ3) is 1.00. The average molecular weight is 192 g/mol. The molecule has 0 aliphatic carbocycles. The molecule has 1 aromatic heterocycles. The molecule has 4 nitrogen and oxygen atoms in total. The zero-order valence-corrected chi connectivity index (χ0v) is 7.77. The molecule has 14 heavy (non-hydrogen) atoms. The standard InChI is InChI=1S/C10H12N2O2/c13-10(9-2-1-3-14-9)12-6-7-4-11-5-8(7)12/h1-3,7-8,11H,4-6H2. The molecule has 0 aromatic carbocycles. The Morgan fingerprint density at radius 1 is 1.57 bits per heavy atom. The second-order valence-corrected chi connectivity index (χ2v) is 3.92. The summed E-state index contributed by atoms with van der Waals surface area (Å²) in [5, 5.41) is 3.29. The largest absolute Gasteiger partial charge is 0.459 e. The highest BCUT2D eigenvalue weighted by molar-refractivity contribution is 5.92. The van der Waals surface area contributed by atoms with Gasteiger partial charge in [0.05, 0.1) is 12.3 Å². The van der Waals surface area contributed by atoms with Crippen molar-refractivity contribution in [1.29, 1.82) is 0 Å². The Balaban J connectivity index is 1.75. The van der Waals surface area contributed by atoms with E-state index in [4.69, 9.17) is 4.42 Å². The van der Waals surface area contributed by atoms with Crippen LogP contribution in [0.2, 0.25) is 0 Å². The smallest absolute Gasteiger partial charge is 0.289 e. The molecule has 0 spiro atoms. The van der Waals surface area contributed by atoms with Crippen molar-refractivity contribution in [3.8, 4) is 0 Å². The van der Waals surface area contributed by atoms with Gasteiger partial charge in [-0.2, -0.15) is 0 Å². The number of rotatable bonds is 1. The van der Waals surface area contributed by atoms with Gasteiger partial charge >= 0.3 is 0 Å². The molecule has 0 bridgehead atoms. The molecule has 1 amide bonds. The van der Waals surface area contributed by atoms with E-state index in [0.29, 0.717) is 17.7 Å². The predicted octanol–water partition coefficient (Wildman–Crippen LogP) is 0.323. The van der Waals surface area contributed by atoms with Gasteiger partial charge in [0, 0.05) is 25.6 Å². The summed E-state index contributed by atoms with van der Waals surface area (Å²) in [6, 6.07) is 3.86. The van der Waals surface area contributed by atoms with Crippen LogP contribution in [-0.4, -0.2) is 36.5 Å². The molecule has 1 N–H and O–H groups in total. The Morgan fingerprint density at radius 2 is 2.50 bits per heavy atom. The summed E-state index contributed by atoms with van der Waals surface area (Å²) in [4.78, 5) is 13.7. The van der Waals surface area contributed by atoms with Gasteiger partial charge in [0.15, 0.2) is 5.76 Å². The van der Waals surface area contributed by atoms with Crippen molar-refractivity contribution in [1.82, 2.24) is 10.2 Å². The quantitative estimate of drug-likeness (QED) is 0.697. The zero-order chi connectivity index (χ0) is 9.54. The second-order valence-electron chi connectivity index (χ2n) is 3.92. The second kappa shape index (κ2) is 2.85. The Kier molecular flexibility index (Phi) is 1.64. The Morgan fingerprint density at radius 3 is 3.21 bits per heavy atom. The molecule has 2 aliphatic heterocycles. The zero-order valence-electron chi connectivity index (χ0n) is 7.77. The lowest BCUT2D eigenvalue weighted by molar-refractivity contribution is 0.0297. The maximum atomic E-state index is 11.8. The minimum atomic E-state index is 0.0277. The first kappa shape index (κ1) is 8.05. The molecule has 2 unspecified atom stereocenters. The van der Waals surface area contributed by atoms with Crippen molar-refractivity contribution in [2.45, 2.75) is 6.04 Å². The molecule has 3 heterocycles. The van der Waals surface area contributed by atoms with Crippen LogP contribution in [0.25, 0.3) is 0 Å². The summed E-state index contributed by atoms with van der Waals surface area (Å²) in [6.07, 6.45) is 1.54. The molecule has 0 saturated carbocycles. The highest BCUT2D eigenvalue weighted by Gasteiger charge is 2.45. The third-order valence-electron chi connectivity index (χ3n) is 3.13. The van der Waals surface area contributed by atoms with E-state index in [9.17, 15) is 4.79 Å². The van der Waals surface area contributed by atoms with E-state index >= 15 is 0 Å². The van der Waals surface area contributed by atoms with Gasteiger partial charge < -0.3 is 14.6 Å². The lowest BCUT2D eigenvalue weighted by atomic mass is 9.92. The van der Waals surface area contributed by atoms with Crippen LogP contribution >= 0.6 is 0 Å². The van der Waals surface area contributed by atoms with E-state index in [1.165, 1.54) is 6.26 Å². The summed E-state index contributed by atoms with van der Waals surface area (Å²) < 4.78 is 5.09. The number of amides is 1. The normalized spacial score (nSPS) is 29.9. The van der Waals surface area contributed by atoms with Crippen LogP contribution in [0.3, 0.4) is 0 Å². The summed E-state index contributed by atoms with van der Waals surface area (Å²) in [5.74, 6) is 1.14. The van der Waals surface area contributed by atoms with Crippen LogP contribution in [0, 0.1) is 5.92 Å². The fraction of sp³-hybridized carbons (Fsp3) is 0.500. The van der Waals surface area contributed by atoms with Gasteiger partial charge in [-0.25, -0.2) is 0 Å². The van der Waals surface area contributed by atoms with Crippen molar-refractivity contribution >= 4 is 5.91 Å². The van der Waals surface area contributed by atoms with Crippen molar-refractivity contribution in [2.24, 2.45) is 5.92 Å². The molecule has 0 radical (unpaired) electrons. The number of nitrogens with one attached hydrogen (secondary N) is 1. The van der Waals surface area contributed by atoms with E-state index in [-0.39, 0.29) is 5.91 Å². The lowest BCUT2D eigenvalue weighted by Gasteiger charge is -2.43. The number of hydrogen-bond acceptors (Lipinski definition) is 3. The van der Waals surface area contributed by atoms with Crippen molar-refractivity contribution in [2.75, 3.05) is 19.6 Å². The first-order chi connectivity index (χ1) is 6.86. The van der Waals surface area contributed by atoms with E-state index in [0.717, 1.165) is 19.6 Å². The van der Waals surface area contributed by atoms with E-state index in [1.807, 2.05) is 4.90 Å². The molecule has 1 aromatic rings. The minimum Gasteiger partial charge on any atom is -0.459 e. The summed E-state index contributed by atoms with van der Waals surface area (Å²) in [5.41, 5.74) is 0. The van der Waals surface area contributed by atoms with Crippen LogP contribution < -0.4 is 5.32 Å². The van der Waals surface area contributed by atoms with Gasteiger partial charge in [0.25, 0.3) is 5.91 Å². The van der Waals surface area contributed by atoms with Crippen LogP contribution in [-0.2, 0) is 0 Å². The number of carbonyl (C=O) groups excluding carboxylic acids is 1. The van der Waals surface area contributed by atoms with Crippen molar-refractivity contribution < 1.29 is 9.21 Å². The number of nitrogens with zero attached hydrogens (tertiary/aromatic N) is 1. The Hall–Kier alpha value is -1.29. The predicted molar refractivity (Wildman–Crippen MR) is 49.9 cm³/mol. The molecule has 74 valence electrons. The molecule has 2 saturated heterocycles.